The highest BCUT2D eigenvalue weighted by atomic mass is 16.1. The largest absolute Gasteiger partial charge is 0.398 e. The van der Waals surface area contributed by atoms with Crippen LogP contribution >= 0.6 is 0 Å². The molecule has 1 aromatic heterocycles. The van der Waals surface area contributed by atoms with Gasteiger partial charge in [-0.15, -0.1) is 0 Å². The van der Waals surface area contributed by atoms with Crippen molar-refractivity contribution in [3.63, 3.8) is 0 Å². The van der Waals surface area contributed by atoms with Gasteiger partial charge >= 0.3 is 0 Å². The van der Waals surface area contributed by atoms with Crippen LogP contribution in [0.2, 0.25) is 0 Å². The Labute approximate surface area is 176 Å². The molecule has 1 fully saturated rings. The second kappa shape index (κ2) is 7.62. The van der Waals surface area contributed by atoms with E-state index in [-0.39, 0.29) is 5.78 Å². The highest BCUT2D eigenvalue weighted by molar-refractivity contribution is 6.22. The van der Waals surface area contributed by atoms with Gasteiger partial charge in [0.15, 0.2) is 5.78 Å². The lowest BCUT2D eigenvalue weighted by atomic mass is 9.96. The fourth-order valence-corrected chi connectivity index (χ4v) is 4.85. The number of benzene rings is 3. The Morgan fingerprint density at radius 3 is 2.47 bits per heavy atom. The van der Waals surface area contributed by atoms with Crippen molar-refractivity contribution in [2.75, 3.05) is 19.3 Å². The van der Waals surface area contributed by atoms with Crippen LogP contribution in [-0.2, 0) is 6.54 Å². The Morgan fingerprint density at radius 2 is 1.67 bits per heavy atom. The lowest BCUT2D eigenvalue weighted by Gasteiger charge is -2.32. The van der Waals surface area contributed by atoms with Crippen LogP contribution in [-0.4, -0.2) is 34.9 Å². The number of rotatable bonds is 4. The van der Waals surface area contributed by atoms with Crippen molar-refractivity contribution in [1.82, 2.24) is 9.47 Å². The zero-order valence-electron chi connectivity index (χ0n) is 17.3. The molecular weight excluding hydrogens is 370 g/mol. The third-order valence-corrected chi connectivity index (χ3v) is 6.56. The van der Waals surface area contributed by atoms with Crippen molar-refractivity contribution in [3.8, 4) is 0 Å². The summed E-state index contributed by atoms with van der Waals surface area (Å²) >= 11 is 0. The maximum Gasteiger partial charge on any atom is 0.195 e. The third-order valence-electron chi connectivity index (χ3n) is 6.56. The number of likely N-dealkylation sites (tertiary alicyclic amines) is 1. The minimum Gasteiger partial charge on any atom is -0.398 e. The molecule has 0 saturated carbocycles. The van der Waals surface area contributed by atoms with E-state index in [2.05, 4.69) is 40.9 Å². The molecule has 5 rings (SSSR count). The first-order valence-corrected chi connectivity index (χ1v) is 10.7. The van der Waals surface area contributed by atoms with Gasteiger partial charge in [-0.25, -0.2) is 0 Å². The molecule has 1 aliphatic heterocycles. The molecule has 30 heavy (non-hydrogen) atoms. The van der Waals surface area contributed by atoms with Gasteiger partial charge in [0, 0.05) is 51.9 Å². The molecule has 4 aromatic rings. The predicted octanol–water partition coefficient (Wildman–Crippen LogP) is 5.09. The van der Waals surface area contributed by atoms with Gasteiger partial charge in [0.2, 0.25) is 0 Å². The molecular formula is C26H27N3O. The van der Waals surface area contributed by atoms with E-state index < -0.39 is 0 Å². The van der Waals surface area contributed by atoms with E-state index in [1.54, 1.807) is 0 Å². The fourth-order valence-electron chi connectivity index (χ4n) is 4.85. The van der Waals surface area contributed by atoms with Crippen molar-refractivity contribution < 1.29 is 4.79 Å². The molecule has 1 unspecified atom stereocenters. The number of para-hydroxylation sites is 1. The van der Waals surface area contributed by atoms with E-state index in [1.165, 1.54) is 19.3 Å². The van der Waals surface area contributed by atoms with Crippen LogP contribution in [0.3, 0.4) is 0 Å². The Balaban J connectivity index is 1.60. The number of ketones is 1. The summed E-state index contributed by atoms with van der Waals surface area (Å²) in [6.07, 6.45) is 5.81. The standard InChI is InChI=1S/C26H27N3O/c1-28-15-7-6-8-18(28)16-29-17-23(21-11-4-5-12-25(21)29)26(30)22-13-14-24(27)20-10-3-2-9-19(20)22/h2-5,9-14,17-18H,6-8,15-16,27H2,1H3. The Hall–Kier alpha value is -3.11. The molecule has 4 heteroatoms. The van der Waals surface area contributed by atoms with Gasteiger partial charge in [-0.3, -0.25) is 4.79 Å². The maximum absolute atomic E-state index is 13.7. The number of anilines is 1. The summed E-state index contributed by atoms with van der Waals surface area (Å²) in [6.45, 7) is 2.06. The quantitative estimate of drug-likeness (QED) is 0.385. The number of nitrogens with zero attached hydrogens (tertiary/aromatic N) is 2. The molecule has 3 aromatic carbocycles. The van der Waals surface area contributed by atoms with Crippen molar-refractivity contribution in [3.05, 3.63) is 78.0 Å². The highest BCUT2D eigenvalue weighted by Gasteiger charge is 2.23. The normalized spacial score (nSPS) is 17.6. The zero-order chi connectivity index (χ0) is 20.7. The summed E-state index contributed by atoms with van der Waals surface area (Å²) in [6, 6.07) is 20.3. The van der Waals surface area contributed by atoms with Crippen LogP contribution in [0.5, 0.6) is 0 Å². The van der Waals surface area contributed by atoms with Gasteiger partial charge in [-0.05, 0) is 50.0 Å². The van der Waals surface area contributed by atoms with Crippen LogP contribution in [0.1, 0.15) is 35.2 Å². The summed E-state index contributed by atoms with van der Waals surface area (Å²) in [4.78, 5) is 16.1. The molecule has 4 nitrogen and oxygen atoms in total. The van der Waals surface area contributed by atoms with Crippen molar-refractivity contribution in [2.24, 2.45) is 0 Å². The van der Waals surface area contributed by atoms with E-state index in [0.29, 0.717) is 17.3 Å². The first-order valence-electron chi connectivity index (χ1n) is 10.7. The summed E-state index contributed by atoms with van der Waals surface area (Å²) < 4.78 is 2.27. The van der Waals surface area contributed by atoms with Crippen molar-refractivity contribution in [1.29, 1.82) is 0 Å². The maximum atomic E-state index is 13.7. The molecule has 0 bridgehead atoms. The van der Waals surface area contributed by atoms with Crippen LogP contribution in [0.25, 0.3) is 21.7 Å². The van der Waals surface area contributed by atoms with Gasteiger partial charge in [0.05, 0.1) is 0 Å². The number of carbonyl (C=O) groups excluding carboxylic acids is 1. The third kappa shape index (κ3) is 3.17. The first kappa shape index (κ1) is 18.9. The fraction of sp³-hybridized carbons (Fsp3) is 0.269. The second-order valence-corrected chi connectivity index (χ2v) is 8.42. The first-order chi connectivity index (χ1) is 14.6. The van der Waals surface area contributed by atoms with Gasteiger partial charge in [0.1, 0.15) is 0 Å². The van der Waals surface area contributed by atoms with E-state index in [1.807, 2.05) is 42.5 Å². The van der Waals surface area contributed by atoms with Crippen LogP contribution in [0.4, 0.5) is 5.69 Å². The van der Waals surface area contributed by atoms with Gasteiger partial charge in [-0.2, -0.15) is 0 Å². The van der Waals surface area contributed by atoms with Crippen LogP contribution < -0.4 is 5.73 Å². The average molecular weight is 398 g/mol. The number of hydrogen-bond donors (Lipinski definition) is 1. The molecule has 0 aliphatic carbocycles. The minimum absolute atomic E-state index is 0.0538. The molecule has 0 amide bonds. The van der Waals surface area contributed by atoms with Gasteiger partial charge < -0.3 is 15.2 Å². The van der Waals surface area contributed by atoms with Crippen LogP contribution in [0, 0.1) is 0 Å². The van der Waals surface area contributed by atoms with Crippen molar-refractivity contribution in [2.45, 2.75) is 31.8 Å². The van der Waals surface area contributed by atoms with E-state index in [0.717, 1.165) is 40.3 Å². The van der Waals surface area contributed by atoms with Gasteiger partial charge in [0.25, 0.3) is 0 Å². The summed E-state index contributed by atoms with van der Waals surface area (Å²) in [7, 11) is 2.21. The van der Waals surface area contributed by atoms with E-state index in [4.69, 9.17) is 5.73 Å². The average Bonchev–Trinajstić information content (AvgIpc) is 3.14. The molecule has 1 atom stereocenters. The van der Waals surface area contributed by atoms with Crippen molar-refractivity contribution >= 4 is 33.1 Å². The minimum atomic E-state index is 0.0538. The number of hydrogen-bond acceptors (Lipinski definition) is 3. The Bertz CT molecular complexity index is 1240. The molecule has 0 spiro atoms. The highest BCUT2D eigenvalue weighted by Crippen LogP contribution is 2.30. The van der Waals surface area contributed by atoms with Crippen LogP contribution in [0.15, 0.2) is 66.9 Å². The van der Waals surface area contributed by atoms with E-state index in [9.17, 15) is 4.79 Å². The lowest BCUT2D eigenvalue weighted by Crippen LogP contribution is -2.39. The molecule has 1 aliphatic rings. The molecule has 0 radical (unpaired) electrons. The summed E-state index contributed by atoms with van der Waals surface area (Å²) in [5.41, 5.74) is 9.45. The number of fused-ring (bicyclic) bond motifs is 2. The monoisotopic (exact) mass is 397 g/mol. The summed E-state index contributed by atoms with van der Waals surface area (Å²) in [5.74, 6) is 0.0538. The number of carbonyl (C=O) groups is 1. The number of likely N-dealkylation sites (N-methyl/N-ethyl adjacent to an activating group) is 1. The van der Waals surface area contributed by atoms with Gasteiger partial charge in [-0.1, -0.05) is 48.9 Å². The predicted molar refractivity (Wildman–Crippen MR) is 124 cm³/mol. The molecule has 1 saturated heterocycles. The zero-order valence-corrected chi connectivity index (χ0v) is 17.3. The number of piperidine rings is 1. The lowest BCUT2D eigenvalue weighted by molar-refractivity contribution is 0.104. The van der Waals surface area contributed by atoms with E-state index >= 15 is 0 Å². The smallest absolute Gasteiger partial charge is 0.195 e. The Kier molecular flexibility index (Phi) is 4.80. The topological polar surface area (TPSA) is 51.3 Å². The second-order valence-electron chi connectivity index (χ2n) is 8.42. The molecule has 2 heterocycles. The molecule has 2 N–H and O–H groups in total. The SMILES string of the molecule is CN1CCCCC1Cn1cc(C(=O)c2ccc(N)c3ccccc23)c2ccccc21. The number of aromatic nitrogens is 1. The molecule has 152 valence electrons. The number of nitrogens with two attached hydrogens (primary N) is 1. The summed E-state index contributed by atoms with van der Waals surface area (Å²) in [5, 5.41) is 2.85. The number of nitrogen functional groups attached to an aromatic ring is 1. The Morgan fingerprint density at radius 1 is 0.933 bits per heavy atom.